The molecule has 29 heavy (non-hydrogen) atoms. The van der Waals surface area contributed by atoms with E-state index in [-0.39, 0.29) is 0 Å². The number of hydrogen-bond acceptors (Lipinski definition) is 4. The first-order valence-corrected chi connectivity index (χ1v) is 9.82. The monoisotopic (exact) mass is 421 g/mol. The van der Waals surface area contributed by atoms with Crippen molar-refractivity contribution >= 4 is 31.7 Å². The number of alkyl halides is 3. The first kappa shape index (κ1) is 19.1. The number of sulfonamides is 1. The number of fused-ring (bicyclic) bond motifs is 3. The molecule has 6 nitrogen and oxygen atoms in total. The summed E-state index contributed by atoms with van der Waals surface area (Å²) in [6, 6.07) is 12.4. The summed E-state index contributed by atoms with van der Waals surface area (Å²) in [4.78, 5) is 2.76. The van der Waals surface area contributed by atoms with E-state index in [1.54, 1.807) is 24.3 Å². The maximum absolute atomic E-state index is 12.9. The molecule has 1 aromatic heterocycles. The van der Waals surface area contributed by atoms with E-state index in [0.29, 0.717) is 28.1 Å². The van der Waals surface area contributed by atoms with Crippen LogP contribution in [0.5, 0.6) is 5.75 Å². The first-order valence-electron chi connectivity index (χ1n) is 8.34. The Morgan fingerprint density at radius 3 is 2.52 bits per heavy atom. The highest BCUT2D eigenvalue weighted by molar-refractivity contribution is 7.92. The van der Waals surface area contributed by atoms with Gasteiger partial charge in [-0.15, -0.1) is 0 Å². The van der Waals surface area contributed by atoms with Crippen molar-refractivity contribution in [3.8, 4) is 5.75 Å². The highest BCUT2D eigenvalue weighted by Crippen LogP contribution is 2.31. The van der Waals surface area contributed by atoms with Crippen molar-refractivity contribution in [1.82, 2.24) is 9.89 Å². The molecule has 4 rings (SSSR count). The van der Waals surface area contributed by atoms with Crippen LogP contribution in [-0.4, -0.2) is 25.4 Å². The molecule has 0 amide bonds. The van der Waals surface area contributed by atoms with Crippen molar-refractivity contribution in [2.24, 2.45) is 0 Å². The van der Waals surface area contributed by atoms with Crippen molar-refractivity contribution in [3.05, 3.63) is 66.4 Å². The molecule has 0 aliphatic carbocycles. The molecule has 0 saturated heterocycles. The smallest absolute Gasteiger partial charge is 0.416 e. The maximum Gasteiger partial charge on any atom is 0.416 e. The lowest BCUT2D eigenvalue weighted by atomic mass is 10.1. The summed E-state index contributed by atoms with van der Waals surface area (Å²) < 4.78 is 69.4. The van der Waals surface area contributed by atoms with Crippen molar-refractivity contribution in [1.29, 1.82) is 0 Å². The summed E-state index contributed by atoms with van der Waals surface area (Å²) in [5, 5.41) is 6.19. The minimum atomic E-state index is -4.65. The van der Waals surface area contributed by atoms with Gasteiger partial charge in [0.05, 0.1) is 23.8 Å². The number of ether oxygens (including phenoxy) is 1. The Morgan fingerprint density at radius 1 is 1.03 bits per heavy atom. The SMILES string of the molecule is COc1ccc2c(ccc3cnn(NS(=O)(=O)c4cccc(C(F)(F)F)c4)c32)c1. The second-order valence-corrected chi connectivity index (χ2v) is 7.93. The topological polar surface area (TPSA) is 73.2 Å². The van der Waals surface area contributed by atoms with E-state index >= 15 is 0 Å². The lowest BCUT2D eigenvalue weighted by Gasteiger charge is -2.12. The Bertz CT molecular complexity index is 1330. The number of halogens is 3. The summed E-state index contributed by atoms with van der Waals surface area (Å²) in [6.45, 7) is 0. The van der Waals surface area contributed by atoms with Gasteiger partial charge >= 0.3 is 6.18 Å². The summed E-state index contributed by atoms with van der Waals surface area (Å²) in [7, 11) is -2.78. The molecule has 0 aliphatic heterocycles. The molecule has 150 valence electrons. The average molecular weight is 421 g/mol. The lowest BCUT2D eigenvalue weighted by Crippen LogP contribution is -2.24. The molecule has 4 aromatic rings. The van der Waals surface area contributed by atoms with Crippen molar-refractivity contribution in [3.63, 3.8) is 0 Å². The maximum atomic E-state index is 12.9. The summed E-state index contributed by atoms with van der Waals surface area (Å²) in [6.07, 6.45) is -3.19. The van der Waals surface area contributed by atoms with Gasteiger partial charge in [0, 0.05) is 10.8 Å². The van der Waals surface area contributed by atoms with Gasteiger partial charge in [0.15, 0.2) is 0 Å². The molecule has 0 radical (unpaired) electrons. The number of aromatic nitrogens is 2. The van der Waals surface area contributed by atoms with Crippen molar-refractivity contribution in [2.75, 3.05) is 11.9 Å². The summed E-state index contributed by atoms with van der Waals surface area (Å²) in [5.41, 5.74) is -0.580. The molecule has 0 atom stereocenters. The zero-order chi connectivity index (χ0) is 20.8. The van der Waals surface area contributed by atoms with E-state index in [2.05, 4.69) is 9.93 Å². The molecule has 0 unspecified atom stereocenters. The number of methoxy groups -OCH3 is 1. The Hall–Kier alpha value is -3.27. The Morgan fingerprint density at radius 2 is 1.79 bits per heavy atom. The highest BCUT2D eigenvalue weighted by Gasteiger charge is 2.31. The number of benzene rings is 3. The molecule has 0 spiro atoms. The van der Waals surface area contributed by atoms with Gasteiger partial charge in [0.1, 0.15) is 11.3 Å². The van der Waals surface area contributed by atoms with Crippen LogP contribution in [0.3, 0.4) is 0 Å². The second-order valence-electron chi connectivity index (χ2n) is 6.27. The van der Waals surface area contributed by atoms with Gasteiger partial charge < -0.3 is 4.74 Å². The van der Waals surface area contributed by atoms with E-state index in [0.717, 1.165) is 28.4 Å². The predicted octanol–water partition coefficient (Wildman–Crippen LogP) is 4.15. The Balaban J connectivity index is 1.81. The average Bonchev–Trinajstić information content (AvgIpc) is 3.09. The predicted molar refractivity (Wildman–Crippen MR) is 102 cm³/mol. The molecule has 0 fully saturated rings. The molecule has 3 aromatic carbocycles. The number of hydrogen-bond donors (Lipinski definition) is 1. The van der Waals surface area contributed by atoms with Crippen LogP contribution < -0.4 is 9.57 Å². The van der Waals surface area contributed by atoms with Gasteiger partial charge in [-0.25, -0.2) is 0 Å². The van der Waals surface area contributed by atoms with Crippen LogP contribution in [0.1, 0.15) is 5.56 Å². The molecule has 0 saturated carbocycles. The third-order valence-electron chi connectivity index (χ3n) is 4.43. The van der Waals surface area contributed by atoms with E-state index in [4.69, 9.17) is 4.74 Å². The fourth-order valence-corrected chi connectivity index (χ4v) is 4.04. The third kappa shape index (κ3) is 3.46. The second kappa shape index (κ2) is 6.66. The van der Waals surface area contributed by atoms with Crippen molar-refractivity contribution < 1.29 is 26.3 Å². The number of rotatable bonds is 4. The van der Waals surface area contributed by atoms with Gasteiger partial charge in [0.25, 0.3) is 10.0 Å². The van der Waals surface area contributed by atoms with Crippen LogP contribution in [0, 0.1) is 0 Å². The van der Waals surface area contributed by atoms with E-state index in [9.17, 15) is 21.6 Å². The largest absolute Gasteiger partial charge is 0.497 e. The summed E-state index contributed by atoms with van der Waals surface area (Å²) in [5.74, 6) is 0.632. The lowest BCUT2D eigenvalue weighted by molar-refractivity contribution is -0.137. The van der Waals surface area contributed by atoms with Crippen LogP contribution in [0.2, 0.25) is 0 Å². The molecule has 10 heteroatoms. The van der Waals surface area contributed by atoms with Crippen LogP contribution in [0.15, 0.2) is 65.7 Å². The standard InChI is InChI=1S/C19H14F3N3O3S/c1-28-15-7-8-17-12(9-15)5-6-13-11-23-25(18(13)17)24-29(26,27)16-4-2-3-14(10-16)19(20,21)22/h2-11,24H,1H3. The zero-order valence-electron chi connectivity index (χ0n) is 14.9. The van der Waals surface area contributed by atoms with Crippen LogP contribution in [0.4, 0.5) is 13.2 Å². The van der Waals surface area contributed by atoms with E-state index < -0.39 is 26.7 Å². The molecule has 0 aliphatic rings. The zero-order valence-corrected chi connectivity index (χ0v) is 15.8. The first-order chi connectivity index (χ1) is 13.7. The van der Waals surface area contributed by atoms with Gasteiger partial charge in [-0.1, -0.05) is 18.2 Å². The molecule has 1 N–H and O–H groups in total. The van der Waals surface area contributed by atoms with E-state index in [1.165, 1.54) is 13.3 Å². The highest BCUT2D eigenvalue weighted by atomic mass is 32.2. The number of nitrogens with zero attached hydrogens (tertiary/aromatic N) is 2. The van der Waals surface area contributed by atoms with Crippen LogP contribution in [0.25, 0.3) is 21.7 Å². The van der Waals surface area contributed by atoms with Gasteiger partial charge in [0.2, 0.25) is 0 Å². The number of nitrogens with one attached hydrogen (secondary N) is 1. The molecular weight excluding hydrogens is 407 g/mol. The van der Waals surface area contributed by atoms with Crippen LogP contribution >= 0.6 is 0 Å². The van der Waals surface area contributed by atoms with Crippen molar-refractivity contribution in [2.45, 2.75) is 11.1 Å². The fourth-order valence-electron chi connectivity index (χ4n) is 3.03. The van der Waals surface area contributed by atoms with Gasteiger partial charge in [-0.05, 0) is 41.8 Å². The quantitative estimate of drug-likeness (QED) is 0.537. The molecule has 1 heterocycles. The van der Waals surface area contributed by atoms with Gasteiger partial charge in [-0.3, -0.25) is 0 Å². The third-order valence-corrected chi connectivity index (χ3v) is 5.72. The van der Waals surface area contributed by atoms with Crippen LogP contribution in [-0.2, 0) is 16.2 Å². The normalized spacial score (nSPS) is 12.4. The van der Waals surface area contributed by atoms with E-state index in [1.807, 2.05) is 6.07 Å². The Kier molecular flexibility index (Phi) is 4.38. The molecular formula is C19H14F3N3O3S. The minimum Gasteiger partial charge on any atom is -0.497 e. The Labute approximate surface area is 163 Å². The minimum absolute atomic E-state index is 0.473. The summed E-state index contributed by atoms with van der Waals surface area (Å²) >= 11 is 0. The fraction of sp³-hybridized carbons (Fsp3) is 0.105. The molecule has 0 bridgehead atoms. The van der Waals surface area contributed by atoms with Gasteiger partial charge in [-0.2, -0.15) is 36.3 Å².